The van der Waals surface area contributed by atoms with E-state index in [4.69, 9.17) is 9.84 Å². The van der Waals surface area contributed by atoms with Crippen molar-refractivity contribution in [2.24, 2.45) is 5.92 Å². The van der Waals surface area contributed by atoms with E-state index in [-0.39, 0.29) is 24.7 Å². The summed E-state index contributed by atoms with van der Waals surface area (Å²) in [7, 11) is 0. The third kappa shape index (κ3) is 3.09. The molecule has 1 amide bonds. The van der Waals surface area contributed by atoms with Gasteiger partial charge in [0.15, 0.2) is 0 Å². The van der Waals surface area contributed by atoms with E-state index >= 15 is 0 Å². The lowest BCUT2D eigenvalue weighted by molar-refractivity contribution is -0.0218. The Labute approximate surface area is 91.2 Å². The molecule has 1 saturated heterocycles. The van der Waals surface area contributed by atoms with Crippen LogP contribution in [0.25, 0.3) is 0 Å². The number of ether oxygens (including phenoxy) is 1. The van der Waals surface area contributed by atoms with Gasteiger partial charge in [-0.1, -0.05) is 6.92 Å². The molecule has 0 saturated carbocycles. The van der Waals surface area contributed by atoms with Gasteiger partial charge in [0.05, 0.1) is 0 Å². The van der Waals surface area contributed by atoms with Gasteiger partial charge in [-0.05, 0) is 33.1 Å². The third-order valence-corrected chi connectivity index (χ3v) is 2.64. The number of carbonyl (C=O) groups is 1. The molecule has 4 nitrogen and oxygen atoms in total. The highest BCUT2D eigenvalue weighted by atomic mass is 16.6. The third-order valence-electron chi connectivity index (χ3n) is 2.64. The van der Waals surface area contributed by atoms with Gasteiger partial charge in [-0.2, -0.15) is 0 Å². The number of aliphatic hydroxyl groups excluding tert-OH is 1. The molecule has 0 aromatic carbocycles. The normalized spacial score (nSPS) is 23.3. The Hall–Kier alpha value is -0.770. The van der Waals surface area contributed by atoms with Gasteiger partial charge in [-0.15, -0.1) is 0 Å². The maximum atomic E-state index is 11.7. The van der Waals surface area contributed by atoms with Crippen molar-refractivity contribution < 1.29 is 14.6 Å². The number of rotatable bonds is 2. The quantitative estimate of drug-likeness (QED) is 0.761. The van der Waals surface area contributed by atoms with Crippen LogP contribution < -0.4 is 0 Å². The zero-order valence-electron chi connectivity index (χ0n) is 9.99. The van der Waals surface area contributed by atoms with Gasteiger partial charge in [-0.25, -0.2) is 4.79 Å². The van der Waals surface area contributed by atoms with E-state index < -0.39 is 5.60 Å². The molecule has 0 aromatic heterocycles. The average molecular weight is 215 g/mol. The molecular weight excluding hydrogens is 194 g/mol. The van der Waals surface area contributed by atoms with Crippen LogP contribution in [0, 0.1) is 5.92 Å². The van der Waals surface area contributed by atoms with Crippen LogP contribution in [-0.2, 0) is 4.74 Å². The SMILES string of the molecule is CC(CO)C1CCN1C(=O)OC(C)(C)C. The Kier molecular flexibility index (Phi) is 3.60. The van der Waals surface area contributed by atoms with Crippen molar-refractivity contribution in [1.82, 2.24) is 4.90 Å². The number of aliphatic hydroxyl groups is 1. The highest BCUT2D eigenvalue weighted by Gasteiger charge is 2.37. The zero-order chi connectivity index (χ0) is 11.6. The van der Waals surface area contributed by atoms with Gasteiger partial charge in [0, 0.05) is 19.2 Å². The molecule has 1 heterocycles. The van der Waals surface area contributed by atoms with E-state index in [0.29, 0.717) is 0 Å². The fourth-order valence-electron chi connectivity index (χ4n) is 1.67. The largest absolute Gasteiger partial charge is 0.444 e. The fourth-order valence-corrected chi connectivity index (χ4v) is 1.67. The molecule has 15 heavy (non-hydrogen) atoms. The molecule has 0 radical (unpaired) electrons. The van der Waals surface area contributed by atoms with Crippen LogP contribution in [0.15, 0.2) is 0 Å². The summed E-state index contributed by atoms with van der Waals surface area (Å²) in [6, 6.07) is 0.143. The predicted molar refractivity (Wildman–Crippen MR) is 57.6 cm³/mol. The maximum absolute atomic E-state index is 11.7. The molecule has 2 unspecified atom stereocenters. The molecule has 0 bridgehead atoms. The number of amides is 1. The van der Waals surface area contributed by atoms with Crippen molar-refractivity contribution in [1.29, 1.82) is 0 Å². The predicted octanol–water partition coefficient (Wildman–Crippen LogP) is 1.62. The Morgan fingerprint density at radius 3 is 2.53 bits per heavy atom. The van der Waals surface area contributed by atoms with Crippen LogP contribution in [0.3, 0.4) is 0 Å². The van der Waals surface area contributed by atoms with Gasteiger partial charge in [0.1, 0.15) is 5.60 Å². The number of carbonyl (C=O) groups excluding carboxylic acids is 1. The highest BCUT2D eigenvalue weighted by molar-refractivity contribution is 5.69. The summed E-state index contributed by atoms with van der Waals surface area (Å²) >= 11 is 0. The smallest absolute Gasteiger partial charge is 0.410 e. The van der Waals surface area contributed by atoms with Gasteiger partial charge in [-0.3, -0.25) is 0 Å². The van der Waals surface area contributed by atoms with Crippen LogP contribution in [0.1, 0.15) is 34.1 Å². The Balaban J connectivity index is 2.48. The Morgan fingerprint density at radius 2 is 2.20 bits per heavy atom. The molecular formula is C11H21NO3. The molecule has 0 spiro atoms. The van der Waals surface area contributed by atoms with Crippen LogP contribution in [0.5, 0.6) is 0 Å². The van der Waals surface area contributed by atoms with E-state index in [1.807, 2.05) is 27.7 Å². The number of hydrogen-bond acceptors (Lipinski definition) is 3. The number of nitrogens with zero attached hydrogens (tertiary/aromatic N) is 1. The van der Waals surface area contributed by atoms with Crippen LogP contribution in [0.2, 0.25) is 0 Å². The van der Waals surface area contributed by atoms with Crippen LogP contribution in [0.4, 0.5) is 4.79 Å². The molecule has 1 fully saturated rings. The lowest BCUT2D eigenvalue weighted by atomic mass is 9.91. The van der Waals surface area contributed by atoms with E-state index in [2.05, 4.69) is 0 Å². The van der Waals surface area contributed by atoms with Crippen molar-refractivity contribution in [3.8, 4) is 0 Å². The summed E-state index contributed by atoms with van der Waals surface area (Å²) in [5, 5.41) is 9.02. The molecule has 4 heteroatoms. The maximum Gasteiger partial charge on any atom is 0.410 e. The standard InChI is InChI=1S/C11H21NO3/c1-8(7-13)9-5-6-12(9)10(14)15-11(2,3)4/h8-9,13H,5-7H2,1-4H3. The second-order valence-corrected chi connectivity index (χ2v) is 5.19. The minimum atomic E-state index is -0.445. The lowest BCUT2D eigenvalue weighted by Gasteiger charge is -2.44. The molecule has 2 atom stereocenters. The van der Waals surface area contributed by atoms with E-state index in [1.54, 1.807) is 4.90 Å². The van der Waals surface area contributed by atoms with Crippen molar-refractivity contribution in [3.05, 3.63) is 0 Å². The summed E-state index contributed by atoms with van der Waals surface area (Å²) in [4.78, 5) is 13.4. The lowest BCUT2D eigenvalue weighted by Crippen LogP contribution is -2.55. The molecule has 1 aliphatic rings. The summed E-state index contributed by atoms with van der Waals surface area (Å²) in [5.41, 5.74) is -0.445. The fraction of sp³-hybridized carbons (Fsp3) is 0.909. The summed E-state index contributed by atoms with van der Waals surface area (Å²) < 4.78 is 5.27. The number of hydrogen-bond donors (Lipinski definition) is 1. The molecule has 88 valence electrons. The molecule has 0 aromatic rings. The summed E-state index contributed by atoms with van der Waals surface area (Å²) in [6.07, 6.45) is 0.695. The first-order valence-electron chi connectivity index (χ1n) is 5.45. The summed E-state index contributed by atoms with van der Waals surface area (Å²) in [5.74, 6) is 0.131. The first-order valence-corrected chi connectivity index (χ1v) is 5.45. The van der Waals surface area contributed by atoms with E-state index in [9.17, 15) is 4.79 Å². The number of likely N-dealkylation sites (tertiary alicyclic amines) is 1. The molecule has 1 rings (SSSR count). The van der Waals surface area contributed by atoms with Gasteiger partial charge < -0.3 is 14.7 Å². The second kappa shape index (κ2) is 4.39. The second-order valence-electron chi connectivity index (χ2n) is 5.19. The molecule has 1 aliphatic heterocycles. The topological polar surface area (TPSA) is 49.8 Å². The van der Waals surface area contributed by atoms with Crippen LogP contribution >= 0.6 is 0 Å². The Morgan fingerprint density at radius 1 is 1.60 bits per heavy atom. The first-order chi connectivity index (χ1) is 6.85. The van der Waals surface area contributed by atoms with E-state index in [0.717, 1.165) is 13.0 Å². The van der Waals surface area contributed by atoms with Crippen molar-refractivity contribution >= 4 is 6.09 Å². The zero-order valence-corrected chi connectivity index (χ0v) is 9.99. The highest BCUT2D eigenvalue weighted by Crippen LogP contribution is 2.26. The van der Waals surface area contributed by atoms with Crippen LogP contribution in [-0.4, -0.2) is 40.9 Å². The first kappa shape index (κ1) is 12.3. The molecule has 0 aliphatic carbocycles. The molecule has 1 N–H and O–H groups in total. The minimum Gasteiger partial charge on any atom is -0.444 e. The summed E-state index contributed by atoms with van der Waals surface area (Å²) in [6.45, 7) is 8.37. The minimum absolute atomic E-state index is 0.115. The van der Waals surface area contributed by atoms with Crippen molar-refractivity contribution in [2.45, 2.75) is 45.8 Å². The van der Waals surface area contributed by atoms with Crippen molar-refractivity contribution in [2.75, 3.05) is 13.2 Å². The van der Waals surface area contributed by atoms with Gasteiger partial charge in [0.2, 0.25) is 0 Å². The Bertz CT molecular complexity index is 234. The van der Waals surface area contributed by atoms with Crippen molar-refractivity contribution in [3.63, 3.8) is 0 Å². The average Bonchev–Trinajstić information content (AvgIpc) is 1.97. The van der Waals surface area contributed by atoms with Gasteiger partial charge in [0.25, 0.3) is 0 Å². The van der Waals surface area contributed by atoms with Gasteiger partial charge >= 0.3 is 6.09 Å². The monoisotopic (exact) mass is 215 g/mol. The van der Waals surface area contributed by atoms with E-state index in [1.165, 1.54) is 0 Å².